The number of carbonyl (C=O) groups is 2. The number of halogens is 2. The maximum Gasteiger partial charge on any atom is 0.512 e. The number of hydrogen-bond donors (Lipinski definition) is 2. The minimum Gasteiger partial charge on any atom is -0.449 e. The van der Waals surface area contributed by atoms with Crippen LogP contribution in [0.15, 0.2) is 10.4 Å². The van der Waals surface area contributed by atoms with E-state index in [2.05, 4.69) is 9.47 Å². The summed E-state index contributed by atoms with van der Waals surface area (Å²) in [5, 5.41) is 14.2. The predicted octanol–water partition coefficient (Wildman–Crippen LogP) is 1.98. The van der Waals surface area contributed by atoms with Gasteiger partial charge in [-0.1, -0.05) is 0 Å². The lowest BCUT2D eigenvalue weighted by atomic mass is 11.0. The largest absolute Gasteiger partial charge is 0.512 e. The molecule has 0 aliphatic carbocycles. The molecule has 0 saturated heterocycles. The van der Waals surface area contributed by atoms with E-state index >= 15 is 0 Å². The lowest BCUT2D eigenvalue weighted by molar-refractivity contribution is 0.108. The molecule has 0 aliphatic rings. The molecule has 0 fully saturated rings. The third-order valence-corrected chi connectivity index (χ3v) is 1.10. The van der Waals surface area contributed by atoms with E-state index in [1.165, 1.54) is 0 Å². The molecule has 0 amide bonds. The Kier molecular flexibility index (Phi) is 4.24. The van der Waals surface area contributed by atoms with Gasteiger partial charge in [-0.15, -0.1) is 0 Å². The summed E-state index contributed by atoms with van der Waals surface area (Å²) in [7, 11) is 0. The summed E-state index contributed by atoms with van der Waals surface area (Å²) in [5.74, 6) is 0. The lowest BCUT2D eigenvalue weighted by Gasteiger charge is -1.99. The third kappa shape index (κ3) is 4.64. The molecule has 0 aromatic heterocycles. The van der Waals surface area contributed by atoms with Gasteiger partial charge in [0.1, 0.15) is 0 Å². The molecule has 0 aromatic carbocycles. The first-order valence-electron chi connectivity index (χ1n) is 2.30. The fraction of sp³-hybridized carbons (Fsp3) is 0. The molecular formula is C4H2Cl2O6. The minimum absolute atomic E-state index is 0.869. The van der Waals surface area contributed by atoms with Crippen molar-refractivity contribution < 1.29 is 29.3 Å². The Hall–Kier alpha value is -1.14. The summed E-state index contributed by atoms with van der Waals surface area (Å²) in [6, 6.07) is 0. The predicted molar refractivity (Wildman–Crippen MR) is 37.0 cm³/mol. The van der Waals surface area contributed by atoms with E-state index in [0.717, 1.165) is 0 Å². The zero-order chi connectivity index (χ0) is 9.72. The summed E-state index contributed by atoms with van der Waals surface area (Å²) in [4.78, 5) is 19.6. The van der Waals surface area contributed by atoms with Crippen LogP contribution in [0.3, 0.4) is 0 Å². The van der Waals surface area contributed by atoms with Gasteiger partial charge < -0.3 is 19.7 Å². The summed E-state index contributed by atoms with van der Waals surface area (Å²) < 4.78 is 7.51. The van der Waals surface area contributed by atoms with Gasteiger partial charge in [0.15, 0.2) is 0 Å². The van der Waals surface area contributed by atoms with Crippen LogP contribution in [-0.2, 0) is 9.47 Å². The van der Waals surface area contributed by atoms with Crippen molar-refractivity contribution in [3.05, 3.63) is 10.4 Å². The molecule has 0 spiro atoms. The van der Waals surface area contributed by atoms with Gasteiger partial charge in [0.05, 0.1) is 0 Å². The van der Waals surface area contributed by atoms with Crippen LogP contribution < -0.4 is 0 Å². The van der Waals surface area contributed by atoms with Gasteiger partial charge in [-0.05, 0) is 23.2 Å². The molecule has 8 heteroatoms. The molecule has 0 bridgehead atoms. The second-order valence-corrected chi connectivity index (χ2v) is 1.97. The quantitative estimate of drug-likeness (QED) is 0.542. The van der Waals surface area contributed by atoms with Crippen LogP contribution in [0, 0.1) is 0 Å². The van der Waals surface area contributed by atoms with E-state index in [1.54, 1.807) is 0 Å². The minimum atomic E-state index is -1.73. The van der Waals surface area contributed by atoms with E-state index < -0.39 is 22.7 Å². The van der Waals surface area contributed by atoms with Crippen LogP contribution >= 0.6 is 23.2 Å². The SMILES string of the molecule is O=C(O)O/C(Cl)=C(\Cl)OC(=O)O. The van der Waals surface area contributed by atoms with Gasteiger partial charge >= 0.3 is 12.3 Å². The highest BCUT2D eigenvalue weighted by Gasteiger charge is 2.11. The molecule has 0 heterocycles. The zero-order valence-corrected chi connectivity index (χ0v) is 6.80. The molecule has 6 nitrogen and oxygen atoms in total. The van der Waals surface area contributed by atoms with Crippen molar-refractivity contribution in [3.63, 3.8) is 0 Å². The van der Waals surface area contributed by atoms with Crippen molar-refractivity contribution in [1.82, 2.24) is 0 Å². The van der Waals surface area contributed by atoms with Crippen molar-refractivity contribution >= 4 is 35.5 Å². The fourth-order valence-electron chi connectivity index (χ4n) is 0.234. The first kappa shape index (κ1) is 10.9. The monoisotopic (exact) mass is 216 g/mol. The Morgan fingerprint density at radius 2 is 1.17 bits per heavy atom. The van der Waals surface area contributed by atoms with Crippen molar-refractivity contribution in [2.24, 2.45) is 0 Å². The maximum atomic E-state index is 9.80. The Balaban J connectivity index is 4.25. The smallest absolute Gasteiger partial charge is 0.449 e. The second-order valence-electron chi connectivity index (χ2n) is 1.28. The number of rotatable bonds is 2. The van der Waals surface area contributed by atoms with E-state index in [9.17, 15) is 9.59 Å². The highest BCUT2D eigenvalue weighted by Crippen LogP contribution is 2.16. The molecule has 0 aromatic rings. The molecule has 68 valence electrons. The van der Waals surface area contributed by atoms with Gasteiger partial charge in [-0.3, -0.25) is 0 Å². The van der Waals surface area contributed by atoms with Crippen LogP contribution in [0.25, 0.3) is 0 Å². The van der Waals surface area contributed by atoms with Gasteiger partial charge in [0, 0.05) is 0 Å². The van der Waals surface area contributed by atoms with Gasteiger partial charge in [-0.25, -0.2) is 9.59 Å². The molecule has 0 atom stereocenters. The first-order valence-corrected chi connectivity index (χ1v) is 3.06. The number of carboxylic acid groups (broad SMARTS) is 2. The molecule has 2 N–H and O–H groups in total. The summed E-state index contributed by atoms with van der Waals surface area (Å²) in [6.45, 7) is 0. The van der Waals surface area contributed by atoms with Crippen molar-refractivity contribution in [2.45, 2.75) is 0 Å². The summed E-state index contributed by atoms with van der Waals surface area (Å²) >= 11 is 10.1. The van der Waals surface area contributed by atoms with E-state index in [0.29, 0.717) is 0 Å². The van der Waals surface area contributed by atoms with Crippen molar-refractivity contribution in [3.8, 4) is 0 Å². The highest BCUT2D eigenvalue weighted by atomic mass is 35.5. The standard InChI is InChI=1S/C4H2Cl2O6/c5-1(11-3(7)8)2(6)12-4(9)10/h(H,7,8)(H,9,10)/b2-1+. The second kappa shape index (κ2) is 4.68. The molecule has 0 aliphatic heterocycles. The molecule has 0 saturated carbocycles. The fourth-order valence-corrected chi connectivity index (χ4v) is 0.443. The number of ether oxygens (including phenoxy) is 2. The van der Waals surface area contributed by atoms with Gasteiger partial charge in [-0.2, -0.15) is 0 Å². The van der Waals surface area contributed by atoms with Crippen molar-refractivity contribution in [2.75, 3.05) is 0 Å². The van der Waals surface area contributed by atoms with Crippen LogP contribution in [0.1, 0.15) is 0 Å². The molecule has 12 heavy (non-hydrogen) atoms. The summed E-state index contributed by atoms with van der Waals surface area (Å²) in [6.07, 6.45) is -3.46. The van der Waals surface area contributed by atoms with Gasteiger partial charge in [0.25, 0.3) is 10.4 Å². The normalized spacial score (nSPS) is 11.5. The van der Waals surface area contributed by atoms with Gasteiger partial charge in [0.2, 0.25) is 0 Å². The lowest BCUT2D eigenvalue weighted by Crippen LogP contribution is -2.02. The van der Waals surface area contributed by atoms with E-state index in [4.69, 9.17) is 33.4 Å². The molecular weight excluding hydrogens is 215 g/mol. The highest BCUT2D eigenvalue weighted by molar-refractivity contribution is 6.38. The maximum absolute atomic E-state index is 9.80. The average Bonchev–Trinajstić information content (AvgIpc) is 1.84. The van der Waals surface area contributed by atoms with Crippen LogP contribution in [0.4, 0.5) is 9.59 Å². The molecule has 0 rings (SSSR count). The Morgan fingerprint density at radius 3 is 1.33 bits per heavy atom. The Labute approximate surface area is 75.9 Å². The third-order valence-electron chi connectivity index (χ3n) is 0.508. The van der Waals surface area contributed by atoms with Crippen molar-refractivity contribution in [1.29, 1.82) is 0 Å². The topological polar surface area (TPSA) is 93.1 Å². The Bertz CT molecular complexity index is 210. The zero-order valence-electron chi connectivity index (χ0n) is 5.28. The summed E-state index contributed by atoms with van der Waals surface area (Å²) in [5.41, 5.74) is 0. The first-order chi connectivity index (χ1) is 5.43. The number of hydrogen-bond acceptors (Lipinski definition) is 4. The molecule has 0 radical (unpaired) electrons. The van der Waals surface area contributed by atoms with Crippen LogP contribution in [-0.4, -0.2) is 22.5 Å². The Morgan fingerprint density at radius 1 is 0.917 bits per heavy atom. The van der Waals surface area contributed by atoms with Crippen LogP contribution in [0.2, 0.25) is 0 Å². The molecule has 0 unspecified atom stereocenters. The van der Waals surface area contributed by atoms with E-state index in [-0.39, 0.29) is 0 Å². The van der Waals surface area contributed by atoms with Crippen LogP contribution in [0.5, 0.6) is 0 Å². The average molecular weight is 217 g/mol. The van der Waals surface area contributed by atoms with E-state index in [1.807, 2.05) is 0 Å².